The molecule has 0 aliphatic carbocycles. The number of aromatic nitrogens is 1. The van der Waals surface area contributed by atoms with Gasteiger partial charge in [-0.1, -0.05) is 47.5 Å². The van der Waals surface area contributed by atoms with Crippen molar-refractivity contribution in [2.24, 2.45) is 5.73 Å². The molecular weight excluding hydrogens is 383 g/mol. The van der Waals surface area contributed by atoms with Crippen molar-refractivity contribution in [1.82, 2.24) is 4.98 Å². The van der Waals surface area contributed by atoms with Gasteiger partial charge in [0.05, 0.1) is 15.8 Å². The number of pyridine rings is 1. The number of halogens is 2. The number of rotatable bonds is 6. The Hall–Kier alpha value is -2.60. The van der Waals surface area contributed by atoms with E-state index in [1.54, 1.807) is 18.2 Å². The number of nitrogens with one attached hydrogen (secondary N) is 1. The molecule has 0 atom stereocenters. The van der Waals surface area contributed by atoms with Crippen LogP contribution in [0, 0.1) is 5.41 Å². The highest BCUT2D eigenvalue weighted by Gasteiger charge is 2.12. The molecule has 0 aliphatic rings. The lowest BCUT2D eigenvalue weighted by Crippen LogP contribution is -2.07. The van der Waals surface area contributed by atoms with Crippen molar-refractivity contribution in [3.63, 3.8) is 0 Å². The van der Waals surface area contributed by atoms with Gasteiger partial charge in [0.15, 0.2) is 0 Å². The van der Waals surface area contributed by atoms with Gasteiger partial charge in [0.25, 0.3) is 0 Å². The first-order valence-corrected chi connectivity index (χ1v) is 8.93. The maximum Gasteiger partial charge on any atom is 0.120 e. The minimum absolute atomic E-state index is 0.183. The Balaban J connectivity index is 1.82. The Labute approximate surface area is 167 Å². The van der Waals surface area contributed by atoms with Crippen LogP contribution in [-0.4, -0.2) is 10.7 Å². The molecule has 2 aromatic carbocycles. The maximum atomic E-state index is 8.48. The lowest BCUT2D eigenvalue weighted by atomic mass is 9.99. The normalized spacial score (nSPS) is 10.6. The average Bonchev–Trinajstić information content (AvgIpc) is 2.68. The monoisotopic (exact) mass is 400 g/mol. The summed E-state index contributed by atoms with van der Waals surface area (Å²) >= 11 is 12.2. The van der Waals surface area contributed by atoms with Crippen LogP contribution in [0.4, 0.5) is 5.69 Å². The molecule has 0 saturated heterocycles. The minimum Gasteiger partial charge on any atom is -0.489 e. The second-order valence-electron chi connectivity index (χ2n) is 5.90. The van der Waals surface area contributed by atoms with Crippen LogP contribution in [0.1, 0.15) is 22.3 Å². The van der Waals surface area contributed by atoms with Crippen LogP contribution < -0.4 is 16.2 Å². The third kappa shape index (κ3) is 4.39. The van der Waals surface area contributed by atoms with Gasteiger partial charge >= 0.3 is 0 Å². The van der Waals surface area contributed by atoms with E-state index >= 15 is 0 Å². The maximum absolute atomic E-state index is 8.48. The molecule has 0 aliphatic heterocycles. The van der Waals surface area contributed by atoms with Gasteiger partial charge in [-0.25, -0.2) is 0 Å². The first-order chi connectivity index (χ1) is 13.0. The number of nitrogen functional groups attached to an aromatic ring is 1. The van der Waals surface area contributed by atoms with Crippen molar-refractivity contribution < 1.29 is 4.74 Å². The third-order valence-corrected chi connectivity index (χ3v) is 4.76. The van der Waals surface area contributed by atoms with E-state index in [4.69, 9.17) is 44.8 Å². The zero-order chi connectivity index (χ0) is 19.4. The van der Waals surface area contributed by atoms with E-state index in [1.165, 1.54) is 12.4 Å². The predicted octanol–water partition coefficient (Wildman–Crippen LogP) is 4.42. The Kier molecular flexibility index (Phi) is 5.96. The standard InChI is InChI=1S/C20H18Cl2N4O/c21-17-9-26-10-18(22)16(17)11-27-14-5-6-19(24)15(7-14)20(25)13-3-1-12(8-23)2-4-13/h1-7,9-10,25H,8,11,23-24H2. The molecule has 0 fully saturated rings. The first-order valence-electron chi connectivity index (χ1n) is 8.18. The van der Waals surface area contributed by atoms with E-state index in [-0.39, 0.29) is 6.61 Å². The van der Waals surface area contributed by atoms with Gasteiger partial charge in [-0.15, -0.1) is 0 Å². The second-order valence-corrected chi connectivity index (χ2v) is 6.71. The van der Waals surface area contributed by atoms with Crippen LogP contribution in [0.15, 0.2) is 54.9 Å². The van der Waals surface area contributed by atoms with E-state index in [0.29, 0.717) is 44.9 Å². The summed E-state index contributed by atoms with van der Waals surface area (Å²) in [6.45, 7) is 0.640. The summed E-state index contributed by atoms with van der Waals surface area (Å²) in [7, 11) is 0. The van der Waals surface area contributed by atoms with Crippen molar-refractivity contribution in [3.05, 3.63) is 87.2 Å². The highest BCUT2D eigenvalue weighted by molar-refractivity contribution is 6.35. The van der Waals surface area contributed by atoms with Gasteiger partial charge in [0.2, 0.25) is 0 Å². The third-order valence-electron chi connectivity index (χ3n) is 4.11. The summed E-state index contributed by atoms with van der Waals surface area (Å²) in [5, 5.41) is 9.36. The fraction of sp³-hybridized carbons (Fsp3) is 0.100. The van der Waals surface area contributed by atoms with Crippen molar-refractivity contribution in [1.29, 1.82) is 5.41 Å². The van der Waals surface area contributed by atoms with Gasteiger partial charge in [-0.3, -0.25) is 10.4 Å². The van der Waals surface area contributed by atoms with Crippen molar-refractivity contribution >= 4 is 34.6 Å². The Morgan fingerprint density at radius 3 is 2.33 bits per heavy atom. The topological polar surface area (TPSA) is 98.0 Å². The number of benzene rings is 2. The molecule has 138 valence electrons. The average molecular weight is 401 g/mol. The summed E-state index contributed by atoms with van der Waals surface area (Å²) in [5.41, 5.74) is 15.5. The molecule has 1 heterocycles. The van der Waals surface area contributed by atoms with Gasteiger partial charge in [-0.2, -0.15) is 0 Å². The van der Waals surface area contributed by atoms with E-state index in [1.807, 2.05) is 24.3 Å². The number of nitrogens with two attached hydrogens (primary N) is 2. The van der Waals surface area contributed by atoms with E-state index in [2.05, 4.69) is 4.98 Å². The van der Waals surface area contributed by atoms with E-state index < -0.39 is 0 Å². The summed E-state index contributed by atoms with van der Waals surface area (Å²) in [6, 6.07) is 12.7. The van der Waals surface area contributed by atoms with Gasteiger partial charge in [0, 0.05) is 41.3 Å². The van der Waals surface area contributed by atoms with Crippen LogP contribution in [0.25, 0.3) is 0 Å². The second kappa shape index (κ2) is 8.39. The molecule has 0 spiro atoms. The molecule has 3 rings (SSSR count). The molecule has 1 aromatic heterocycles. The number of ether oxygens (including phenoxy) is 1. The summed E-state index contributed by atoms with van der Waals surface area (Å²) in [4.78, 5) is 3.92. The van der Waals surface area contributed by atoms with E-state index in [0.717, 1.165) is 11.1 Å². The molecule has 0 saturated carbocycles. The molecule has 5 N–H and O–H groups in total. The predicted molar refractivity (Wildman–Crippen MR) is 110 cm³/mol. The lowest BCUT2D eigenvalue weighted by molar-refractivity contribution is 0.306. The Bertz CT molecular complexity index is 954. The fourth-order valence-corrected chi connectivity index (χ4v) is 3.01. The first kappa shape index (κ1) is 19.2. The zero-order valence-electron chi connectivity index (χ0n) is 14.4. The van der Waals surface area contributed by atoms with Crippen molar-refractivity contribution in [2.45, 2.75) is 13.2 Å². The number of nitrogens with zero attached hydrogens (tertiary/aromatic N) is 1. The van der Waals surface area contributed by atoms with Crippen LogP contribution in [0.2, 0.25) is 10.0 Å². The van der Waals surface area contributed by atoms with Crippen LogP contribution in [-0.2, 0) is 13.2 Å². The summed E-state index contributed by atoms with van der Waals surface area (Å²) < 4.78 is 5.81. The zero-order valence-corrected chi connectivity index (χ0v) is 15.9. The molecule has 0 bridgehead atoms. The quantitative estimate of drug-likeness (QED) is 0.421. The molecule has 3 aromatic rings. The van der Waals surface area contributed by atoms with Crippen molar-refractivity contribution in [2.75, 3.05) is 5.73 Å². The molecule has 0 radical (unpaired) electrons. The van der Waals surface area contributed by atoms with Gasteiger partial charge in [0.1, 0.15) is 12.4 Å². The van der Waals surface area contributed by atoms with Crippen molar-refractivity contribution in [3.8, 4) is 5.75 Å². The number of hydrogen-bond donors (Lipinski definition) is 3. The number of hydrogen-bond acceptors (Lipinski definition) is 5. The lowest BCUT2D eigenvalue weighted by Gasteiger charge is -2.13. The minimum atomic E-state index is 0.183. The molecular formula is C20H18Cl2N4O. The highest BCUT2D eigenvalue weighted by atomic mass is 35.5. The summed E-state index contributed by atoms with van der Waals surface area (Å²) in [5.74, 6) is 0.562. The smallest absolute Gasteiger partial charge is 0.120 e. The van der Waals surface area contributed by atoms with Crippen LogP contribution in [0.5, 0.6) is 5.75 Å². The largest absolute Gasteiger partial charge is 0.489 e. The molecule has 0 unspecified atom stereocenters. The highest BCUT2D eigenvalue weighted by Crippen LogP contribution is 2.27. The molecule has 5 nitrogen and oxygen atoms in total. The fourth-order valence-electron chi connectivity index (χ4n) is 2.54. The SMILES string of the molecule is N=C(c1ccc(CN)cc1)c1cc(OCc2c(Cl)cncc2Cl)ccc1N. The summed E-state index contributed by atoms with van der Waals surface area (Å²) in [6.07, 6.45) is 3.03. The van der Waals surface area contributed by atoms with Gasteiger partial charge < -0.3 is 16.2 Å². The Morgan fingerprint density at radius 1 is 1.04 bits per heavy atom. The van der Waals surface area contributed by atoms with E-state index in [9.17, 15) is 0 Å². The van der Waals surface area contributed by atoms with Crippen LogP contribution in [0.3, 0.4) is 0 Å². The molecule has 0 amide bonds. The Morgan fingerprint density at radius 2 is 1.70 bits per heavy atom. The van der Waals surface area contributed by atoms with Crippen LogP contribution >= 0.6 is 23.2 Å². The molecule has 27 heavy (non-hydrogen) atoms. The molecule has 7 heteroatoms. The number of anilines is 1. The van der Waals surface area contributed by atoms with Gasteiger partial charge in [-0.05, 0) is 23.8 Å².